The summed E-state index contributed by atoms with van der Waals surface area (Å²) < 4.78 is 166. The monoisotopic (exact) mass is 1730 g/mol. The Labute approximate surface area is 722 Å². The first-order valence-electron chi connectivity index (χ1n) is 41.1. The fourth-order valence-electron chi connectivity index (χ4n) is 16.2. The van der Waals surface area contributed by atoms with Crippen LogP contribution < -0.4 is 0 Å². The van der Waals surface area contributed by atoms with Gasteiger partial charge in [0.1, 0.15) is 111 Å². The molecule has 0 aromatic heterocycles. The summed E-state index contributed by atoms with van der Waals surface area (Å²) >= 11 is 0. The number of rotatable bonds is 35. The SMILES string of the molecule is COC[C@@H]1O[C@@H](O[C@@H]2C(COCc3ccccc3)O[C@@H](C)C(OC)[C@H]2OC)C(OC)C(OC)[C@@H]1O[C@H]1O[C@@H](COC(=O)c2ccccc2)[C@@H](O[C@@H]2OC(COC(=O)c3ccccc3)[C@@H](O[C@@H]3OC4COC(c5ccccc5)O[C@H]4[C@H](OC(=O)c4ccccc4)C3OC(=O)c3ccccc3)[C@H](OC(=O)c3ccccc3)C2OC(=O)c2ccccc2)C(OC)C1OC. The Morgan fingerprint density at radius 2 is 0.608 bits per heavy atom. The Morgan fingerprint density at radius 3 is 1.00 bits per heavy atom. The Kier molecular flexibility index (Phi) is 32.3. The second-order valence-electron chi connectivity index (χ2n) is 30.2. The summed E-state index contributed by atoms with van der Waals surface area (Å²) in [6.07, 6.45) is -35.9. The van der Waals surface area contributed by atoms with Crippen LogP contribution in [0.4, 0.5) is 0 Å². The van der Waals surface area contributed by atoms with Gasteiger partial charge in [-0.25, -0.2) is 28.8 Å². The van der Waals surface area contributed by atoms with Crippen LogP contribution >= 0.6 is 0 Å². The highest BCUT2D eigenvalue weighted by atomic mass is 16.8. The molecule has 125 heavy (non-hydrogen) atoms. The average molecular weight is 1730 g/mol. The Morgan fingerprint density at radius 1 is 0.296 bits per heavy atom. The number of benzene rings is 8. The largest absolute Gasteiger partial charge is 0.459 e. The average Bonchev–Trinajstić information content (AvgIpc) is 0.755. The second kappa shape index (κ2) is 44.3. The number of hydrogen-bond acceptors (Lipinski definition) is 31. The molecule has 6 saturated heterocycles. The molecule has 0 radical (unpaired) electrons. The molecule has 26 atom stereocenters. The van der Waals surface area contributed by atoms with E-state index in [2.05, 4.69) is 0 Å². The Bertz CT molecular complexity index is 4690. The van der Waals surface area contributed by atoms with Crippen molar-refractivity contribution in [1.82, 2.24) is 0 Å². The van der Waals surface area contributed by atoms with Gasteiger partial charge in [0, 0.05) is 55.3 Å². The number of hydrogen-bond donors (Lipinski definition) is 0. The van der Waals surface area contributed by atoms with Crippen molar-refractivity contribution in [1.29, 1.82) is 0 Å². The fraction of sp³-hybridized carbons (Fsp3) is 0.426. The lowest BCUT2D eigenvalue weighted by molar-refractivity contribution is -0.399. The molecular weight excluding hydrogens is 1630 g/mol. The zero-order valence-corrected chi connectivity index (χ0v) is 70.0. The van der Waals surface area contributed by atoms with Crippen molar-refractivity contribution in [3.63, 3.8) is 0 Å². The number of ether oxygens (including phenoxy) is 25. The minimum atomic E-state index is -2.07. The third-order valence-electron chi connectivity index (χ3n) is 22.3. The summed E-state index contributed by atoms with van der Waals surface area (Å²) in [6, 6.07) is 66.2. The van der Waals surface area contributed by atoms with E-state index < -0.39 is 209 Å². The predicted molar refractivity (Wildman–Crippen MR) is 437 cm³/mol. The molecule has 31 nitrogen and oxygen atoms in total. The summed E-state index contributed by atoms with van der Waals surface area (Å²) in [4.78, 5) is 89.7. The van der Waals surface area contributed by atoms with Gasteiger partial charge in [0.15, 0.2) is 55.9 Å². The highest BCUT2D eigenvalue weighted by molar-refractivity contribution is 5.92. The highest BCUT2D eigenvalue weighted by Gasteiger charge is 2.62. The molecule has 0 aliphatic carbocycles. The first-order chi connectivity index (χ1) is 61.1. The number of carbonyl (C=O) groups excluding carboxylic acids is 6. The minimum absolute atomic E-state index is 0.0216. The molecule has 0 spiro atoms. The Balaban J connectivity index is 0.855. The maximum atomic E-state index is 15.5. The highest BCUT2D eigenvalue weighted by Crippen LogP contribution is 2.44. The van der Waals surface area contributed by atoms with Crippen LogP contribution in [0.5, 0.6) is 0 Å². The normalized spacial score (nSPS) is 30.9. The van der Waals surface area contributed by atoms with Crippen LogP contribution in [0.3, 0.4) is 0 Å². The lowest BCUT2D eigenvalue weighted by Crippen LogP contribution is -2.69. The molecule has 0 bridgehead atoms. The number of fused-ring (bicyclic) bond motifs is 1. The van der Waals surface area contributed by atoms with E-state index in [4.69, 9.17) is 118 Å². The van der Waals surface area contributed by atoms with Gasteiger partial charge in [-0.2, -0.15) is 0 Å². The van der Waals surface area contributed by atoms with Gasteiger partial charge in [-0.1, -0.05) is 170 Å². The van der Waals surface area contributed by atoms with Crippen molar-refractivity contribution in [3.05, 3.63) is 287 Å². The quantitative estimate of drug-likeness (QED) is 0.0263. The van der Waals surface area contributed by atoms with Crippen LogP contribution in [0.2, 0.25) is 0 Å². The summed E-state index contributed by atoms with van der Waals surface area (Å²) in [6.45, 7) is 0.305. The van der Waals surface area contributed by atoms with Crippen LogP contribution in [0.15, 0.2) is 243 Å². The van der Waals surface area contributed by atoms with E-state index in [1.807, 2.05) is 43.3 Å². The molecule has 664 valence electrons. The lowest BCUT2D eigenvalue weighted by atomic mass is 9.94. The molecule has 0 saturated carbocycles. The zero-order chi connectivity index (χ0) is 87.3. The van der Waals surface area contributed by atoms with Gasteiger partial charge < -0.3 is 118 Å². The van der Waals surface area contributed by atoms with Crippen LogP contribution in [-0.4, -0.2) is 272 Å². The molecule has 8 aromatic carbocycles. The summed E-state index contributed by atoms with van der Waals surface area (Å²) in [7, 11) is 10.2. The first kappa shape index (κ1) is 91.0. The van der Waals surface area contributed by atoms with E-state index in [0.717, 1.165) is 5.56 Å². The van der Waals surface area contributed by atoms with Crippen LogP contribution in [0.25, 0.3) is 0 Å². The van der Waals surface area contributed by atoms with Crippen molar-refractivity contribution >= 4 is 35.8 Å². The maximum Gasteiger partial charge on any atom is 0.338 e. The van der Waals surface area contributed by atoms with Crippen molar-refractivity contribution in [2.45, 2.75) is 173 Å². The molecule has 31 heteroatoms. The van der Waals surface area contributed by atoms with E-state index in [-0.39, 0.29) is 59.8 Å². The molecule has 0 amide bonds. The van der Waals surface area contributed by atoms with Crippen LogP contribution in [-0.2, 0) is 125 Å². The van der Waals surface area contributed by atoms with Gasteiger partial charge in [-0.3, -0.25) is 0 Å². The molecule has 6 heterocycles. The van der Waals surface area contributed by atoms with Crippen molar-refractivity contribution in [2.24, 2.45) is 0 Å². The summed E-state index contributed by atoms with van der Waals surface area (Å²) in [5.74, 6) is -5.59. The summed E-state index contributed by atoms with van der Waals surface area (Å²) in [5.41, 5.74) is 1.85. The van der Waals surface area contributed by atoms with E-state index in [0.29, 0.717) is 5.56 Å². The van der Waals surface area contributed by atoms with Gasteiger partial charge in [0.05, 0.1) is 65.9 Å². The molecule has 6 aliphatic heterocycles. The second-order valence-corrected chi connectivity index (χ2v) is 30.2. The summed E-state index contributed by atoms with van der Waals surface area (Å²) in [5, 5.41) is 0. The first-order valence-corrected chi connectivity index (χ1v) is 41.1. The van der Waals surface area contributed by atoms with Gasteiger partial charge in [0.2, 0.25) is 0 Å². The fourth-order valence-corrected chi connectivity index (χ4v) is 16.2. The number of methoxy groups -OCH3 is 7. The molecule has 11 unspecified atom stereocenters. The van der Waals surface area contributed by atoms with Gasteiger partial charge in [-0.05, 0) is 85.3 Å². The minimum Gasteiger partial charge on any atom is -0.459 e. The number of esters is 6. The zero-order valence-electron chi connectivity index (χ0n) is 70.0. The van der Waals surface area contributed by atoms with Gasteiger partial charge in [-0.15, -0.1) is 0 Å². The lowest BCUT2D eigenvalue weighted by Gasteiger charge is -2.52. The molecule has 6 fully saturated rings. The predicted octanol–water partition coefficient (Wildman–Crippen LogP) is 9.90. The van der Waals surface area contributed by atoms with Crippen molar-refractivity contribution < 1.29 is 147 Å². The third-order valence-corrected chi connectivity index (χ3v) is 22.3. The topological polar surface area (TPSA) is 333 Å². The van der Waals surface area contributed by atoms with Crippen LogP contribution in [0, 0.1) is 0 Å². The number of carbonyl (C=O) groups is 6. The van der Waals surface area contributed by atoms with Crippen molar-refractivity contribution in [2.75, 3.05) is 82.8 Å². The standard InChI is InChI=1S/C94H102O31/c1-55-69(102-3)75(103-4)71(65(112-55)51-108-49-56-33-17-9-18-34-56)123-91-80(106-7)76(104-5)70(64(113-91)50-101-2)122-92-81(107-8)77(105-6)72(66(114-92)52-109-84(95)57-35-19-10-20-36-57)124-93-83(120-89(100)62-45-29-15-30-46-62)79(118-87(98)60-41-25-13-26-42-60)74(67(115-93)53-110-85(96)58-37-21-11-22-38-58)125-94-82(119-88(99)61-43-27-14-28-44-61)78(117-86(97)59-39-23-12-24-40-59)73-68(116-94)54-111-90(121-73)63-47-31-16-32-48-63/h9-48,55,64-83,90-94H,49-54H2,1-8H3/t55-,64-,65?,66-,67?,68?,69?,70+,71+,72+,73+,74+,75+,76?,77?,78-,79-,80?,81?,82?,83?,90?,91-,92+,93-,94-/m0/s1. The van der Waals surface area contributed by atoms with E-state index in [1.54, 1.807) is 160 Å². The molecular formula is C94H102O31. The molecule has 0 N–H and O–H groups in total. The van der Waals surface area contributed by atoms with Gasteiger partial charge in [0.25, 0.3) is 0 Å². The smallest absolute Gasteiger partial charge is 0.338 e. The maximum absolute atomic E-state index is 15.5. The van der Waals surface area contributed by atoms with Gasteiger partial charge >= 0.3 is 35.8 Å². The van der Waals surface area contributed by atoms with E-state index in [9.17, 15) is 19.2 Å². The molecule has 14 rings (SSSR count). The van der Waals surface area contributed by atoms with Crippen LogP contribution in [0.1, 0.15) is 86.5 Å². The third kappa shape index (κ3) is 22.1. The van der Waals surface area contributed by atoms with Crippen molar-refractivity contribution in [3.8, 4) is 0 Å². The van der Waals surface area contributed by atoms with E-state index in [1.165, 1.54) is 96.2 Å². The van der Waals surface area contributed by atoms with E-state index >= 15 is 9.59 Å². The molecule has 6 aliphatic rings. The Hall–Kier alpha value is -10.2. The molecule has 8 aromatic rings.